The molecule has 0 N–H and O–H groups in total. The molecule has 0 bridgehead atoms. The minimum Gasteiger partial charge on any atom is -0.467 e. The molecule has 2 rings (SSSR count). The van der Waals surface area contributed by atoms with Crippen LogP contribution in [0.2, 0.25) is 0 Å². The van der Waals surface area contributed by atoms with Gasteiger partial charge >= 0.3 is 5.97 Å². The zero-order valence-corrected chi connectivity index (χ0v) is 10.5. The van der Waals surface area contributed by atoms with Crippen LogP contribution in [0.15, 0.2) is 24.0 Å². The Balaban J connectivity index is 2.19. The number of nitrogens with zero attached hydrogens (tertiary/aromatic N) is 3. The number of ether oxygens (including phenoxy) is 1. The number of carbonyl (C=O) groups is 1. The van der Waals surface area contributed by atoms with Crippen molar-refractivity contribution in [2.24, 2.45) is 0 Å². The van der Waals surface area contributed by atoms with Crippen molar-refractivity contribution in [3.8, 4) is 0 Å². The van der Waals surface area contributed by atoms with E-state index in [1.54, 1.807) is 36.9 Å². The number of rotatable bonds is 4. The molecule has 90 valence electrons. The van der Waals surface area contributed by atoms with E-state index in [1.165, 1.54) is 7.11 Å². The molecule has 1 unspecified atom stereocenters. The summed E-state index contributed by atoms with van der Waals surface area (Å²) in [6.07, 6.45) is 5.86. The summed E-state index contributed by atoms with van der Waals surface area (Å²) in [5, 5.41) is 2.90. The van der Waals surface area contributed by atoms with Gasteiger partial charge < -0.3 is 9.30 Å². The molecule has 0 aliphatic heterocycles. The van der Waals surface area contributed by atoms with E-state index in [-0.39, 0.29) is 12.0 Å². The van der Waals surface area contributed by atoms with Crippen LogP contribution in [-0.4, -0.2) is 27.6 Å². The van der Waals surface area contributed by atoms with Crippen LogP contribution in [0.1, 0.15) is 23.8 Å². The number of carbonyl (C=O) groups excluding carboxylic acids is 1. The highest BCUT2D eigenvalue weighted by molar-refractivity contribution is 7.09. The largest absolute Gasteiger partial charge is 0.467 e. The molecule has 0 amide bonds. The van der Waals surface area contributed by atoms with E-state index in [1.807, 2.05) is 9.95 Å². The molecule has 0 saturated heterocycles. The van der Waals surface area contributed by atoms with Crippen LogP contribution in [0.4, 0.5) is 0 Å². The Hall–Kier alpha value is -1.69. The summed E-state index contributed by atoms with van der Waals surface area (Å²) in [6, 6.07) is -0.363. The maximum atomic E-state index is 11.5. The topological polar surface area (TPSA) is 57.0 Å². The minimum absolute atomic E-state index is 0.275. The van der Waals surface area contributed by atoms with E-state index in [9.17, 15) is 4.79 Å². The van der Waals surface area contributed by atoms with Gasteiger partial charge in [-0.2, -0.15) is 0 Å². The van der Waals surface area contributed by atoms with Gasteiger partial charge in [0.25, 0.3) is 0 Å². The molecule has 2 heterocycles. The Kier molecular flexibility index (Phi) is 3.53. The lowest BCUT2D eigenvalue weighted by Gasteiger charge is -2.13. The molecule has 0 saturated carbocycles. The minimum atomic E-state index is -0.363. The van der Waals surface area contributed by atoms with Crippen LogP contribution in [0.3, 0.4) is 0 Å². The van der Waals surface area contributed by atoms with Gasteiger partial charge in [0.05, 0.1) is 18.5 Å². The predicted octanol–water partition coefficient (Wildman–Crippen LogP) is 1.66. The molecular formula is C11H13N3O2S. The molecule has 0 spiro atoms. The van der Waals surface area contributed by atoms with Gasteiger partial charge in [-0.05, 0) is 6.92 Å². The summed E-state index contributed by atoms with van der Waals surface area (Å²) in [4.78, 5) is 19.9. The fourth-order valence-electron chi connectivity index (χ4n) is 1.59. The molecule has 5 nitrogen and oxygen atoms in total. The number of methoxy groups -OCH3 is 1. The van der Waals surface area contributed by atoms with E-state index in [4.69, 9.17) is 4.74 Å². The molecule has 0 aliphatic rings. The van der Waals surface area contributed by atoms with Crippen LogP contribution in [0.5, 0.6) is 0 Å². The van der Waals surface area contributed by atoms with Crippen molar-refractivity contribution in [1.29, 1.82) is 0 Å². The van der Waals surface area contributed by atoms with Gasteiger partial charge in [0.1, 0.15) is 11.9 Å². The average molecular weight is 251 g/mol. The number of imidazole rings is 1. The molecular weight excluding hydrogens is 238 g/mol. The summed E-state index contributed by atoms with van der Waals surface area (Å²) in [6.45, 7) is 1.79. The SMILES string of the molecule is COC(=O)C(C)n1ccnc1Cc1nccs1. The van der Waals surface area contributed by atoms with Crippen molar-refractivity contribution in [2.75, 3.05) is 7.11 Å². The molecule has 2 aromatic rings. The summed E-state index contributed by atoms with van der Waals surface area (Å²) in [5.74, 6) is 0.543. The maximum Gasteiger partial charge on any atom is 0.328 e. The normalized spacial score (nSPS) is 12.4. The van der Waals surface area contributed by atoms with E-state index >= 15 is 0 Å². The number of aromatic nitrogens is 3. The van der Waals surface area contributed by atoms with Crippen molar-refractivity contribution in [3.05, 3.63) is 34.8 Å². The molecule has 6 heteroatoms. The molecule has 0 fully saturated rings. The number of hydrogen-bond donors (Lipinski definition) is 0. The monoisotopic (exact) mass is 251 g/mol. The Morgan fingerprint density at radius 2 is 2.35 bits per heavy atom. The Morgan fingerprint density at radius 3 is 3.00 bits per heavy atom. The van der Waals surface area contributed by atoms with Gasteiger partial charge in [-0.25, -0.2) is 14.8 Å². The summed E-state index contributed by atoms with van der Waals surface area (Å²) >= 11 is 1.58. The second-order valence-corrected chi connectivity index (χ2v) is 4.53. The lowest BCUT2D eigenvalue weighted by molar-refractivity contribution is -0.144. The third-order valence-electron chi connectivity index (χ3n) is 2.50. The van der Waals surface area contributed by atoms with E-state index < -0.39 is 0 Å². The van der Waals surface area contributed by atoms with Crippen LogP contribution in [0, 0.1) is 0 Å². The summed E-state index contributed by atoms with van der Waals surface area (Å²) in [7, 11) is 1.39. The van der Waals surface area contributed by atoms with Gasteiger partial charge in [-0.15, -0.1) is 11.3 Å². The molecule has 1 atom stereocenters. The Morgan fingerprint density at radius 1 is 1.53 bits per heavy atom. The molecule has 0 aliphatic carbocycles. The molecule has 0 radical (unpaired) electrons. The van der Waals surface area contributed by atoms with Gasteiger partial charge in [-0.3, -0.25) is 0 Å². The third kappa shape index (κ3) is 2.52. The first-order valence-corrected chi connectivity index (χ1v) is 6.08. The van der Waals surface area contributed by atoms with Crippen molar-refractivity contribution in [1.82, 2.24) is 14.5 Å². The second kappa shape index (κ2) is 5.09. The van der Waals surface area contributed by atoms with Gasteiger partial charge in [0, 0.05) is 24.0 Å². The van der Waals surface area contributed by atoms with Crippen LogP contribution >= 0.6 is 11.3 Å². The lowest BCUT2D eigenvalue weighted by Crippen LogP contribution is -2.19. The highest BCUT2D eigenvalue weighted by atomic mass is 32.1. The average Bonchev–Trinajstić information content (AvgIpc) is 2.99. The van der Waals surface area contributed by atoms with Crippen LogP contribution < -0.4 is 0 Å². The van der Waals surface area contributed by atoms with E-state index in [0.29, 0.717) is 6.42 Å². The molecule has 17 heavy (non-hydrogen) atoms. The number of hydrogen-bond acceptors (Lipinski definition) is 5. The summed E-state index contributed by atoms with van der Waals surface area (Å²) in [5.41, 5.74) is 0. The van der Waals surface area contributed by atoms with Crippen LogP contribution in [-0.2, 0) is 16.0 Å². The second-order valence-electron chi connectivity index (χ2n) is 3.55. The van der Waals surface area contributed by atoms with Crippen molar-refractivity contribution in [3.63, 3.8) is 0 Å². The fraction of sp³-hybridized carbons (Fsp3) is 0.364. The van der Waals surface area contributed by atoms with Gasteiger partial charge in [0.2, 0.25) is 0 Å². The first kappa shape index (κ1) is 11.8. The predicted molar refractivity (Wildman–Crippen MR) is 63.9 cm³/mol. The number of esters is 1. The quantitative estimate of drug-likeness (QED) is 0.775. The molecule has 0 aromatic carbocycles. The number of thiazole rings is 1. The van der Waals surface area contributed by atoms with Crippen molar-refractivity contribution in [2.45, 2.75) is 19.4 Å². The first-order chi connectivity index (χ1) is 8.22. The van der Waals surface area contributed by atoms with E-state index in [0.717, 1.165) is 10.8 Å². The fourth-order valence-corrected chi connectivity index (χ4v) is 2.21. The zero-order valence-electron chi connectivity index (χ0n) is 9.66. The Labute approximate surface area is 103 Å². The van der Waals surface area contributed by atoms with Crippen LogP contribution in [0.25, 0.3) is 0 Å². The lowest BCUT2D eigenvalue weighted by atomic mass is 10.3. The standard InChI is InChI=1S/C11H13N3O2S/c1-8(11(15)16-2)14-5-3-12-9(14)7-10-13-4-6-17-10/h3-6,8H,7H2,1-2H3. The van der Waals surface area contributed by atoms with Crippen molar-refractivity contribution >= 4 is 17.3 Å². The summed E-state index contributed by atoms with van der Waals surface area (Å²) < 4.78 is 6.54. The smallest absolute Gasteiger partial charge is 0.328 e. The highest BCUT2D eigenvalue weighted by Gasteiger charge is 2.18. The molecule has 2 aromatic heterocycles. The van der Waals surface area contributed by atoms with Gasteiger partial charge in [-0.1, -0.05) is 0 Å². The first-order valence-electron chi connectivity index (χ1n) is 5.20. The van der Waals surface area contributed by atoms with E-state index in [2.05, 4.69) is 9.97 Å². The van der Waals surface area contributed by atoms with Gasteiger partial charge in [0.15, 0.2) is 0 Å². The maximum absolute atomic E-state index is 11.5. The highest BCUT2D eigenvalue weighted by Crippen LogP contribution is 2.15. The Bertz CT molecular complexity index is 493. The van der Waals surface area contributed by atoms with Crippen molar-refractivity contribution < 1.29 is 9.53 Å². The zero-order chi connectivity index (χ0) is 12.3. The third-order valence-corrected chi connectivity index (χ3v) is 3.28.